The third-order valence-electron chi connectivity index (χ3n) is 5.41. The van der Waals surface area contributed by atoms with Crippen LogP contribution in [-0.4, -0.2) is 71.8 Å². The van der Waals surface area contributed by atoms with Gasteiger partial charge < -0.3 is 24.4 Å². The Labute approximate surface area is 168 Å². The van der Waals surface area contributed by atoms with E-state index in [1.807, 2.05) is 19.9 Å². The summed E-state index contributed by atoms with van der Waals surface area (Å²) in [6.45, 7) is 6.24. The highest BCUT2D eigenvalue weighted by atomic mass is 16.7. The molecule has 4 amide bonds. The fraction of sp³-hybridized carbons (Fsp3) is 0.550. The summed E-state index contributed by atoms with van der Waals surface area (Å²) in [7, 11) is 0. The third-order valence-corrected chi connectivity index (χ3v) is 5.41. The van der Waals surface area contributed by atoms with Crippen molar-refractivity contribution in [2.24, 2.45) is 0 Å². The lowest BCUT2D eigenvalue weighted by Gasteiger charge is -2.35. The normalized spacial score (nSPS) is 28.7. The van der Waals surface area contributed by atoms with E-state index in [-0.39, 0.29) is 37.9 Å². The number of ether oxygens (including phenoxy) is 3. The number of carbonyl (C=O) groups excluding carboxylic acids is 3. The first kappa shape index (κ1) is 19.5. The molecule has 1 N–H and O–H groups in total. The Morgan fingerprint density at radius 2 is 1.86 bits per heavy atom. The molecule has 156 valence electrons. The number of nitrogens with one attached hydrogen (secondary N) is 1. The molecular formula is C20H25N3O6. The number of imide groups is 1. The molecule has 0 aromatic heterocycles. The summed E-state index contributed by atoms with van der Waals surface area (Å²) in [5.41, 5.74) is -0.300. The summed E-state index contributed by atoms with van der Waals surface area (Å²) < 4.78 is 16.3. The van der Waals surface area contributed by atoms with E-state index < -0.39 is 17.5 Å². The maximum absolute atomic E-state index is 13.0. The number of hydrogen-bond acceptors (Lipinski definition) is 6. The largest absolute Gasteiger partial charge is 0.454 e. The molecule has 2 fully saturated rings. The van der Waals surface area contributed by atoms with E-state index in [0.717, 1.165) is 10.5 Å². The molecule has 3 aliphatic rings. The molecule has 0 saturated carbocycles. The lowest BCUT2D eigenvalue weighted by molar-refractivity contribution is -0.146. The maximum Gasteiger partial charge on any atom is 0.325 e. The van der Waals surface area contributed by atoms with Crippen LogP contribution in [0.5, 0.6) is 11.5 Å². The zero-order valence-electron chi connectivity index (χ0n) is 16.8. The number of hydrogen-bond donors (Lipinski definition) is 1. The van der Waals surface area contributed by atoms with Crippen LogP contribution in [0.25, 0.3) is 0 Å². The standard InChI is InChI=1S/C20H25N3O6/c1-12-8-22(9-13(2)29-12)17(24)10-23-18(25)20(3,21-19(23)26)7-14-4-5-15-16(6-14)28-11-27-15/h4-6,12-13H,7-11H2,1-3H3,(H,21,26)/t12-,13-,20-/m1/s1. The highest BCUT2D eigenvalue weighted by molar-refractivity contribution is 6.09. The van der Waals surface area contributed by atoms with Crippen molar-refractivity contribution in [2.45, 2.75) is 44.9 Å². The highest BCUT2D eigenvalue weighted by Crippen LogP contribution is 2.34. The lowest BCUT2D eigenvalue weighted by atomic mass is 9.92. The SMILES string of the molecule is C[C@@H]1CN(C(=O)CN2C(=O)N[C@](C)(Cc3ccc4c(c3)OCO4)C2=O)C[C@@H](C)O1. The number of carbonyl (C=O) groups is 3. The first-order valence-corrected chi connectivity index (χ1v) is 9.71. The molecule has 4 rings (SSSR count). The van der Waals surface area contributed by atoms with Crippen molar-refractivity contribution in [2.75, 3.05) is 26.4 Å². The van der Waals surface area contributed by atoms with Gasteiger partial charge in [0.25, 0.3) is 5.91 Å². The first-order chi connectivity index (χ1) is 13.7. The topological polar surface area (TPSA) is 97.4 Å². The van der Waals surface area contributed by atoms with Crippen molar-refractivity contribution >= 4 is 17.8 Å². The zero-order chi connectivity index (χ0) is 20.8. The predicted molar refractivity (Wildman–Crippen MR) is 102 cm³/mol. The van der Waals surface area contributed by atoms with Gasteiger partial charge in [-0.05, 0) is 38.5 Å². The van der Waals surface area contributed by atoms with Crippen LogP contribution in [0.15, 0.2) is 18.2 Å². The van der Waals surface area contributed by atoms with Crippen LogP contribution in [0, 0.1) is 0 Å². The van der Waals surface area contributed by atoms with Gasteiger partial charge in [0.05, 0.1) is 12.2 Å². The third kappa shape index (κ3) is 3.74. The van der Waals surface area contributed by atoms with E-state index >= 15 is 0 Å². The van der Waals surface area contributed by atoms with E-state index in [2.05, 4.69) is 5.32 Å². The molecule has 9 nitrogen and oxygen atoms in total. The first-order valence-electron chi connectivity index (χ1n) is 9.71. The minimum Gasteiger partial charge on any atom is -0.454 e. The van der Waals surface area contributed by atoms with Crippen LogP contribution in [0.4, 0.5) is 4.79 Å². The molecule has 3 atom stereocenters. The monoisotopic (exact) mass is 403 g/mol. The molecule has 2 saturated heterocycles. The van der Waals surface area contributed by atoms with Gasteiger partial charge in [-0.1, -0.05) is 6.07 Å². The summed E-state index contributed by atoms with van der Waals surface area (Å²) in [5.74, 6) is 0.595. The Hall–Kier alpha value is -2.81. The van der Waals surface area contributed by atoms with Gasteiger partial charge in [0.2, 0.25) is 12.7 Å². The maximum atomic E-state index is 13.0. The summed E-state index contributed by atoms with van der Waals surface area (Å²) in [6.07, 6.45) is 0.119. The number of morpholine rings is 1. The molecule has 29 heavy (non-hydrogen) atoms. The van der Waals surface area contributed by atoms with Gasteiger partial charge in [0.1, 0.15) is 12.1 Å². The molecule has 3 aliphatic heterocycles. The average Bonchev–Trinajstić information content (AvgIpc) is 3.19. The van der Waals surface area contributed by atoms with Gasteiger partial charge in [-0.15, -0.1) is 0 Å². The summed E-state index contributed by atoms with van der Waals surface area (Å²) >= 11 is 0. The minimum atomic E-state index is -1.13. The second-order valence-electron chi connectivity index (χ2n) is 8.07. The molecule has 3 heterocycles. The molecular weight excluding hydrogens is 378 g/mol. The lowest BCUT2D eigenvalue weighted by Crippen LogP contribution is -2.52. The van der Waals surface area contributed by atoms with Crippen LogP contribution in [0.2, 0.25) is 0 Å². The molecule has 1 aromatic carbocycles. The van der Waals surface area contributed by atoms with Crippen LogP contribution >= 0.6 is 0 Å². The van der Waals surface area contributed by atoms with Crippen LogP contribution < -0.4 is 14.8 Å². The highest BCUT2D eigenvalue weighted by Gasteiger charge is 2.48. The average molecular weight is 403 g/mol. The molecule has 0 unspecified atom stereocenters. The Kier molecular flexibility index (Phi) is 4.85. The van der Waals surface area contributed by atoms with Gasteiger partial charge in [-0.25, -0.2) is 4.79 Å². The summed E-state index contributed by atoms with van der Waals surface area (Å²) in [4.78, 5) is 40.8. The summed E-state index contributed by atoms with van der Waals surface area (Å²) in [6, 6.07) is 4.87. The fourth-order valence-electron chi connectivity index (χ4n) is 4.09. The smallest absolute Gasteiger partial charge is 0.325 e. The zero-order valence-corrected chi connectivity index (χ0v) is 16.8. The van der Waals surface area contributed by atoms with E-state index in [1.54, 1.807) is 24.0 Å². The van der Waals surface area contributed by atoms with Crippen LogP contribution in [0.3, 0.4) is 0 Å². The van der Waals surface area contributed by atoms with Gasteiger partial charge in [0, 0.05) is 19.5 Å². The quantitative estimate of drug-likeness (QED) is 0.751. The van der Waals surface area contributed by atoms with E-state index in [1.165, 1.54) is 0 Å². The van der Waals surface area contributed by atoms with E-state index in [4.69, 9.17) is 14.2 Å². The van der Waals surface area contributed by atoms with Gasteiger partial charge in [-0.3, -0.25) is 14.5 Å². The van der Waals surface area contributed by atoms with Crippen molar-refractivity contribution in [1.82, 2.24) is 15.1 Å². The predicted octanol–water partition coefficient (Wildman–Crippen LogP) is 0.904. The number of fused-ring (bicyclic) bond motifs is 1. The van der Waals surface area contributed by atoms with Crippen molar-refractivity contribution in [1.29, 1.82) is 0 Å². The van der Waals surface area contributed by atoms with Gasteiger partial charge in [0.15, 0.2) is 11.5 Å². The number of urea groups is 1. The minimum absolute atomic E-state index is 0.0814. The van der Waals surface area contributed by atoms with E-state index in [0.29, 0.717) is 24.6 Å². The molecule has 0 bridgehead atoms. The second kappa shape index (κ2) is 7.22. The van der Waals surface area contributed by atoms with E-state index in [9.17, 15) is 14.4 Å². The molecule has 0 aliphatic carbocycles. The summed E-state index contributed by atoms with van der Waals surface area (Å²) in [5, 5.41) is 2.74. The molecule has 9 heteroatoms. The van der Waals surface area contributed by atoms with Crippen molar-refractivity contribution in [3.05, 3.63) is 23.8 Å². The number of benzene rings is 1. The van der Waals surface area contributed by atoms with Crippen LogP contribution in [0.1, 0.15) is 26.3 Å². The molecule has 1 aromatic rings. The van der Waals surface area contributed by atoms with Crippen LogP contribution in [-0.2, 0) is 20.7 Å². The Balaban J connectivity index is 1.44. The second-order valence-corrected chi connectivity index (χ2v) is 8.07. The number of amides is 4. The number of nitrogens with zero attached hydrogens (tertiary/aromatic N) is 2. The Morgan fingerprint density at radius 1 is 1.17 bits per heavy atom. The molecule has 0 radical (unpaired) electrons. The Morgan fingerprint density at radius 3 is 2.59 bits per heavy atom. The Bertz CT molecular complexity index is 849. The van der Waals surface area contributed by atoms with Gasteiger partial charge in [-0.2, -0.15) is 0 Å². The van der Waals surface area contributed by atoms with Crippen molar-refractivity contribution < 1.29 is 28.6 Å². The fourth-order valence-corrected chi connectivity index (χ4v) is 4.09. The van der Waals surface area contributed by atoms with Crippen molar-refractivity contribution in [3.8, 4) is 11.5 Å². The van der Waals surface area contributed by atoms with Crippen molar-refractivity contribution in [3.63, 3.8) is 0 Å². The number of rotatable bonds is 4. The molecule has 0 spiro atoms. The van der Waals surface area contributed by atoms with Gasteiger partial charge >= 0.3 is 6.03 Å².